The van der Waals surface area contributed by atoms with Crippen LogP contribution in [0.5, 0.6) is 5.75 Å². The van der Waals surface area contributed by atoms with Gasteiger partial charge in [-0.25, -0.2) is 0 Å². The molecule has 2 aromatic carbocycles. The molecule has 0 radical (unpaired) electrons. The van der Waals surface area contributed by atoms with Gasteiger partial charge in [0.2, 0.25) is 0 Å². The zero-order valence-corrected chi connectivity index (χ0v) is 15.6. The van der Waals surface area contributed by atoms with Crippen molar-refractivity contribution in [3.05, 3.63) is 59.7 Å². The highest BCUT2D eigenvalue weighted by Crippen LogP contribution is 2.25. The second-order valence-electron chi connectivity index (χ2n) is 7.13. The van der Waals surface area contributed by atoms with E-state index in [4.69, 9.17) is 9.47 Å². The summed E-state index contributed by atoms with van der Waals surface area (Å²) in [5.41, 5.74) is 2.69. The Balaban J connectivity index is 2.19. The number of anilines is 1. The molecular formula is C21H27NO3. The number of ether oxygens (including phenoxy) is 2. The first kappa shape index (κ1) is 18.8. The van der Waals surface area contributed by atoms with Gasteiger partial charge in [0, 0.05) is 5.69 Å². The first-order valence-corrected chi connectivity index (χ1v) is 8.44. The summed E-state index contributed by atoms with van der Waals surface area (Å²) in [4.78, 5) is 12.2. The minimum absolute atomic E-state index is 0.124. The lowest BCUT2D eigenvalue weighted by molar-refractivity contribution is -0.153. The second-order valence-corrected chi connectivity index (χ2v) is 7.13. The van der Waals surface area contributed by atoms with E-state index in [2.05, 4.69) is 24.4 Å². The molecule has 2 rings (SSSR count). The molecule has 0 aliphatic carbocycles. The largest absolute Gasteiger partial charge is 0.497 e. The number of benzene rings is 2. The first-order valence-electron chi connectivity index (χ1n) is 8.44. The molecule has 1 atom stereocenters. The Hall–Kier alpha value is -2.49. The molecule has 4 heteroatoms. The molecule has 0 bridgehead atoms. The number of carbonyl (C=O) groups excluding carboxylic acids is 1. The Morgan fingerprint density at radius 2 is 1.72 bits per heavy atom. The molecule has 4 nitrogen and oxygen atoms in total. The maximum Gasteiger partial charge on any atom is 0.311 e. The van der Waals surface area contributed by atoms with Crippen LogP contribution in [0.15, 0.2) is 48.5 Å². The highest BCUT2D eigenvalue weighted by molar-refractivity contribution is 5.75. The number of hydrogen-bond acceptors (Lipinski definition) is 4. The van der Waals surface area contributed by atoms with E-state index in [-0.39, 0.29) is 18.6 Å². The second kappa shape index (κ2) is 8.06. The van der Waals surface area contributed by atoms with Gasteiger partial charge in [0.25, 0.3) is 0 Å². The Labute approximate surface area is 150 Å². The quantitative estimate of drug-likeness (QED) is 0.771. The van der Waals surface area contributed by atoms with Crippen LogP contribution in [0.1, 0.15) is 37.9 Å². The smallest absolute Gasteiger partial charge is 0.311 e. The Morgan fingerprint density at radius 1 is 1.08 bits per heavy atom. The molecule has 0 fully saturated rings. The molecule has 25 heavy (non-hydrogen) atoms. The summed E-state index contributed by atoms with van der Waals surface area (Å²) in [6, 6.07) is 15.7. The van der Waals surface area contributed by atoms with Gasteiger partial charge in [-0.2, -0.15) is 0 Å². The van der Waals surface area contributed by atoms with Gasteiger partial charge in [0.05, 0.1) is 18.6 Å². The van der Waals surface area contributed by atoms with Crippen molar-refractivity contribution in [2.24, 2.45) is 5.41 Å². The van der Waals surface area contributed by atoms with Crippen molar-refractivity contribution in [1.29, 1.82) is 0 Å². The predicted molar refractivity (Wildman–Crippen MR) is 101 cm³/mol. The number of methoxy groups -OCH3 is 1. The van der Waals surface area contributed by atoms with Crippen LogP contribution in [-0.2, 0) is 9.53 Å². The highest BCUT2D eigenvalue weighted by Gasteiger charge is 2.25. The van der Waals surface area contributed by atoms with Gasteiger partial charge in [-0.05, 0) is 63.1 Å². The molecule has 0 amide bonds. The molecule has 1 unspecified atom stereocenters. The van der Waals surface area contributed by atoms with E-state index < -0.39 is 5.41 Å². The number of nitrogens with one attached hydrogen (secondary N) is 1. The summed E-state index contributed by atoms with van der Waals surface area (Å²) in [5, 5.41) is 3.46. The van der Waals surface area contributed by atoms with E-state index in [1.807, 2.05) is 57.2 Å². The summed E-state index contributed by atoms with van der Waals surface area (Å²) in [5.74, 6) is 0.597. The highest BCUT2D eigenvalue weighted by atomic mass is 16.5. The lowest BCUT2D eigenvalue weighted by Gasteiger charge is -2.24. The maximum absolute atomic E-state index is 12.2. The lowest BCUT2D eigenvalue weighted by atomic mass is 9.97. The molecular weight excluding hydrogens is 314 g/mol. The fourth-order valence-corrected chi connectivity index (χ4v) is 2.45. The number of aryl methyl sites for hydroxylation is 1. The first-order chi connectivity index (χ1) is 11.8. The molecule has 0 heterocycles. The predicted octanol–water partition coefficient (Wildman–Crippen LogP) is 4.75. The topological polar surface area (TPSA) is 47.6 Å². The van der Waals surface area contributed by atoms with Crippen molar-refractivity contribution in [3.63, 3.8) is 0 Å². The summed E-state index contributed by atoms with van der Waals surface area (Å²) in [6.07, 6.45) is 0. The third-order valence-corrected chi connectivity index (χ3v) is 3.99. The fraction of sp³-hybridized carbons (Fsp3) is 0.381. The van der Waals surface area contributed by atoms with Crippen molar-refractivity contribution in [2.45, 2.75) is 33.7 Å². The molecule has 0 aromatic heterocycles. The van der Waals surface area contributed by atoms with E-state index >= 15 is 0 Å². The van der Waals surface area contributed by atoms with Crippen molar-refractivity contribution in [2.75, 3.05) is 19.0 Å². The molecule has 0 saturated heterocycles. The third-order valence-electron chi connectivity index (χ3n) is 3.99. The number of hydrogen-bond donors (Lipinski definition) is 1. The minimum atomic E-state index is -0.517. The minimum Gasteiger partial charge on any atom is -0.497 e. The monoisotopic (exact) mass is 341 g/mol. The van der Waals surface area contributed by atoms with Gasteiger partial charge in [0.15, 0.2) is 0 Å². The molecule has 0 saturated carbocycles. The molecule has 2 aromatic rings. The lowest BCUT2D eigenvalue weighted by Crippen LogP contribution is -2.27. The van der Waals surface area contributed by atoms with Crippen LogP contribution < -0.4 is 10.1 Å². The maximum atomic E-state index is 12.2. The Kier molecular flexibility index (Phi) is 6.07. The van der Waals surface area contributed by atoms with Crippen molar-refractivity contribution < 1.29 is 14.3 Å². The van der Waals surface area contributed by atoms with Crippen molar-refractivity contribution in [3.8, 4) is 5.75 Å². The zero-order valence-electron chi connectivity index (χ0n) is 15.6. The van der Waals surface area contributed by atoms with Crippen LogP contribution in [0.4, 0.5) is 5.69 Å². The van der Waals surface area contributed by atoms with E-state index in [0.29, 0.717) is 0 Å². The van der Waals surface area contributed by atoms with Crippen LogP contribution in [0.2, 0.25) is 0 Å². The van der Waals surface area contributed by atoms with Gasteiger partial charge < -0.3 is 14.8 Å². The number of carbonyl (C=O) groups is 1. The Morgan fingerprint density at radius 3 is 2.28 bits per heavy atom. The van der Waals surface area contributed by atoms with Crippen molar-refractivity contribution in [1.82, 2.24) is 0 Å². The van der Waals surface area contributed by atoms with Gasteiger partial charge >= 0.3 is 5.97 Å². The summed E-state index contributed by atoms with van der Waals surface area (Å²) >= 11 is 0. The average Bonchev–Trinajstić information content (AvgIpc) is 2.58. The van der Waals surface area contributed by atoms with Crippen LogP contribution in [0.3, 0.4) is 0 Å². The van der Waals surface area contributed by atoms with Crippen LogP contribution in [0.25, 0.3) is 0 Å². The van der Waals surface area contributed by atoms with Gasteiger partial charge in [-0.1, -0.05) is 24.3 Å². The van der Waals surface area contributed by atoms with E-state index in [0.717, 1.165) is 22.6 Å². The SMILES string of the molecule is COc1ccc(NC(COC(=O)C(C)(C)C)c2ccccc2C)cc1. The summed E-state index contributed by atoms with van der Waals surface area (Å²) in [7, 11) is 1.64. The zero-order chi connectivity index (χ0) is 18.4. The van der Waals surface area contributed by atoms with Gasteiger partial charge in [-0.3, -0.25) is 4.79 Å². The van der Waals surface area contributed by atoms with Crippen molar-refractivity contribution >= 4 is 11.7 Å². The Bertz CT molecular complexity index is 702. The normalized spacial score (nSPS) is 12.4. The molecule has 0 spiro atoms. The summed E-state index contributed by atoms with van der Waals surface area (Å²) < 4.78 is 10.8. The molecule has 134 valence electrons. The molecule has 0 aliphatic rings. The van der Waals surface area contributed by atoms with E-state index in [9.17, 15) is 4.79 Å². The summed E-state index contributed by atoms with van der Waals surface area (Å²) in [6.45, 7) is 7.90. The van der Waals surface area contributed by atoms with Crippen LogP contribution in [0, 0.1) is 12.3 Å². The number of rotatable bonds is 6. The van der Waals surface area contributed by atoms with Gasteiger partial charge in [-0.15, -0.1) is 0 Å². The molecule has 1 N–H and O–H groups in total. The number of esters is 1. The van der Waals surface area contributed by atoms with Crippen LogP contribution in [-0.4, -0.2) is 19.7 Å². The van der Waals surface area contributed by atoms with E-state index in [1.165, 1.54) is 0 Å². The average molecular weight is 341 g/mol. The van der Waals surface area contributed by atoms with Gasteiger partial charge in [0.1, 0.15) is 12.4 Å². The third kappa shape index (κ3) is 5.24. The van der Waals surface area contributed by atoms with Crippen LogP contribution >= 0.6 is 0 Å². The fourth-order valence-electron chi connectivity index (χ4n) is 2.45. The molecule has 0 aliphatic heterocycles. The standard InChI is InChI=1S/C21H27NO3/c1-15-8-6-7-9-18(15)19(14-25-20(23)21(2,3)4)22-16-10-12-17(24-5)13-11-16/h6-13,19,22H,14H2,1-5H3. The van der Waals surface area contributed by atoms with E-state index in [1.54, 1.807) is 7.11 Å².